The molecule has 8 heteroatoms. The second-order valence-corrected chi connectivity index (χ2v) is 34.8. The van der Waals surface area contributed by atoms with Crippen LogP contribution in [0.25, 0.3) is 245 Å². The van der Waals surface area contributed by atoms with E-state index in [1.54, 1.807) is 0 Å². The molecule has 26 rings (SSSR count). The zero-order valence-electron chi connectivity index (χ0n) is 74.1. The Kier molecular flexibility index (Phi) is 20.1. The summed E-state index contributed by atoms with van der Waals surface area (Å²) in [6.45, 7) is 0. The predicted molar refractivity (Wildman–Crippen MR) is 567 cm³/mol. The molecule has 8 nitrogen and oxygen atoms in total. The predicted octanol–water partition coefficient (Wildman–Crippen LogP) is 33.3. The maximum Gasteiger partial charge on any atom is 0.160 e. The van der Waals surface area contributed by atoms with E-state index in [2.05, 4.69) is 504 Å². The molecule has 636 valence electrons. The molecule has 0 spiro atoms. The van der Waals surface area contributed by atoms with Crippen molar-refractivity contribution in [1.82, 2.24) is 38.2 Å². The second kappa shape index (κ2) is 34.2. The van der Waals surface area contributed by atoms with Gasteiger partial charge in [0.25, 0.3) is 0 Å². The Morgan fingerprint density at radius 3 is 0.618 bits per heavy atom. The second-order valence-electron chi connectivity index (χ2n) is 34.8. The smallest absolute Gasteiger partial charge is 0.160 e. The first-order valence-electron chi connectivity index (χ1n) is 46.3. The summed E-state index contributed by atoms with van der Waals surface area (Å²) in [5, 5.41) is 9.93. The van der Waals surface area contributed by atoms with Crippen molar-refractivity contribution in [1.29, 1.82) is 0 Å². The Morgan fingerprint density at radius 2 is 0.309 bits per heavy atom. The molecule has 136 heavy (non-hydrogen) atoms. The molecule has 0 fully saturated rings. The number of para-hydroxylation sites is 6. The van der Waals surface area contributed by atoms with Crippen LogP contribution < -0.4 is 0 Å². The number of benzene rings is 20. The third-order valence-corrected chi connectivity index (χ3v) is 26.6. The molecule has 0 atom stereocenters. The minimum absolute atomic E-state index is 0.697. The Morgan fingerprint density at radius 1 is 0.110 bits per heavy atom. The average molecular weight is 1730 g/mol. The molecular weight excluding hydrogens is 1650 g/mol. The number of hydrogen-bond donors (Lipinski definition) is 0. The molecule has 26 aromatic rings. The van der Waals surface area contributed by atoms with Gasteiger partial charge in [-0.2, -0.15) is 0 Å². The maximum absolute atomic E-state index is 5.11. The van der Waals surface area contributed by atoms with Crippen molar-refractivity contribution in [3.63, 3.8) is 0 Å². The lowest BCUT2D eigenvalue weighted by atomic mass is 9.97. The topological polar surface area (TPSA) is 71.3 Å². The number of fused-ring (bicyclic) bond motifs is 12. The summed E-state index contributed by atoms with van der Waals surface area (Å²) in [5.74, 6) is 1.40. The Hall–Kier alpha value is -18.2. The van der Waals surface area contributed by atoms with Gasteiger partial charge in [-0.15, -0.1) is 0 Å². The van der Waals surface area contributed by atoms with Gasteiger partial charge in [-0.05, 0) is 224 Å². The highest BCUT2D eigenvalue weighted by Gasteiger charge is 2.23. The zero-order chi connectivity index (χ0) is 89.9. The van der Waals surface area contributed by atoms with Gasteiger partial charge in [0.1, 0.15) is 0 Å². The van der Waals surface area contributed by atoms with Crippen LogP contribution in [-0.4, -0.2) is 38.2 Å². The number of hydrogen-bond acceptors (Lipinski definition) is 4. The summed E-state index contributed by atoms with van der Waals surface area (Å²) in [5.41, 5.74) is 37.8. The van der Waals surface area contributed by atoms with Gasteiger partial charge in [-0.25, -0.2) is 19.9 Å². The van der Waals surface area contributed by atoms with Gasteiger partial charge in [-0.1, -0.05) is 352 Å². The van der Waals surface area contributed by atoms with Crippen LogP contribution in [0.5, 0.6) is 0 Å². The maximum atomic E-state index is 5.11. The van der Waals surface area contributed by atoms with Crippen molar-refractivity contribution >= 4 is 87.2 Å². The molecule has 20 aromatic carbocycles. The first kappa shape index (κ1) is 79.9. The fourth-order valence-electron chi connectivity index (χ4n) is 20.1. The summed E-state index contributed by atoms with van der Waals surface area (Å²) in [4.78, 5) is 20.4. The van der Waals surface area contributed by atoms with Crippen LogP contribution in [0.15, 0.2) is 510 Å². The normalized spacial score (nSPS) is 11.5. The molecule has 0 unspecified atom stereocenters. The van der Waals surface area contributed by atoms with Crippen LogP contribution in [-0.2, 0) is 0 Å². The van der Waals surface area contributed by atoms with Crippen LogP contribution in [0.3, 0.4) is 0 Å². The summed E-state index contributed by atoms with van der Waals surface area (Å²) in [6, 6.07) is 182. The average Bonchev–Trinajstić information content (AvgIpc) is 1.59. The van der Waals surface area contributed by atoms with Crippen LogP contribution >= 0.6 is 0 Å². The Balaban J connectivity index is 0.000000145. The van der Waals surface area contributed by atoms with E-state index in [-0.39, 0.29) is 0 Å². The molecule has 0 saturated heterocycles. The quantitative estimate of drug-likeness (QED) is 0.0966. The van der Waals surface area contributed by atoms with Crippen molar-refractivity contribution in [2.75, 3.05) is 0 Å². The van der Waals surface area contributed by atoms with Crippen molar-refractivity contribution in [2.45, 2.75) is 0 Å². The highest BCUT2D eigenvalue weighted by Crippen LogP contribution is 2.44. The number of rotatable bonds is 16. The molecule has 0 saturated carbocycles. The van der Waals surface area contributed by atoms with E-state index in [0.717, 1.165) is 118 Å². The lowest BCUT2D eigenvalue weighted by Gasteiger charge is -2.12. The van der Waals surface area contributed by atoms with Gasteiger partial charge in [0, 0.05) is 99.2 Å². The van der Waals surface area contributed by atoms with E-state index in [1.807, 2.05) is 24.3 Å². The summed E-state index contributed by atoms with van der Waals surface area (Å²) in [6.07, 6.45) is 0. The fourth-order valence-corrected chi connectivity index (χ4v) is 20.1. The summed E-state index contributed by atoms with van der Waals surface area (Å²) >= 11 is 0. The lowest BCUT2D eigenvalue weighted by molar-refractivity contribution is 1.18. The van der Waals surface area contributed by atoms with Crippen LogP contribution in [0, 0.1) is 0 Å². The molecule has 0 aliphatic rings. The first-order chi connectivity index (χ1) is 67.4. The molecule has 0 aliphatic heterocycles. The monoisotopic (exact) mass is 1730 g/mol. The molecular formula is C128H84N8. The van der Waals surface area contributed by atoms with E-state index < -0.39 is 0 Å². The van der Waals surface area contributed by atoms with Gasteiger partial charge in [-0.3, -0.25) is 0 Å². The molecule has 0 radical (unpaired) electrons. The zero-order valence-corrected chi connectivity index (χ0v) is 74.1. The molecule has 0 amide bonds. The summed E-state index contributed by atoms with van der Waals surface area (Å²) in [7, 11) is 0. The van der Waals surface area contributed by atoms with E-state index in [1.165, 1.54) is 115 Å². The van der Waals surface area contributed by atoms with Crippen molar-refractivity contribution in [2.24, 2.45) is 0 Å². The largest absolute Gasteiger partial charge is 0.309 e. The van der Waals surface area contributed by atoms with Gasteiger partial charge < -0.3 is 18.3 Å². The van der Waals surface area contributed by atoms with Gasteiger partial charge in [0.15, 0.2) is 11.6 Å². The van der Waals surface area contributed by atoms with E-state index in [0.29, 0.717) is 11.6 Å². The summed E-state index contributed by atoms with van der Waals surface area (Å²) < 4.78 is 9.55. The fraction of sp³-hybridized carbons (Fsp3) is 0. The highest BCUT2D eigenvalue weighted by atomic mass is 15.0. The highest BCUT2D eigenvalue weighted by molar-refractivity contribution is 6.15. The van der Waals surface area contributed by atoms with Crippen LogP contribution in [0.4, 0.5) is 0 Å². The van der Waals surface area contributed by atoms with Crippen molar-refractivity contribution < 1.29 is 0 Å². The van der Waals surface area contributed by atoms with Gasteiger partial charge >= 0.3 is 0 Å². The molecule has 6 aromatic heterocycles. The van der Waals surface area contributed by atoms with Crippen LogP contribution in [0.1, 0.15) is 0 Å². The molecule has 6 heterocycles. The molecule has 0 bridgehead atoms. The Bertz CT molecular complexity index is 8950. The Labute approximate surface area is 786 Å². The van der Waals surface area contributed by atoms with E-state index in [4.69, 9.17) is 19.9 Å². The standard InChI is InChI=1S/2C64H42N4/c1-4-17-43(18-5-1)58-42-59(44-19-6-2-7-20-44)66-64(65-58)51-25-15-23-47(38-51)45-21-14-22-46(37-45)48-24-16-28-53(39-48)68-61-32-13-11-30-55(61)57-41-50(34-36-63(57)68)49-33-35-62-56(40-49)54-29-10-12-31-60(54)67(62)52-26-8-3-9-27-52;1-4-16-44(17-5-1)58-42-59(45-18-6-2-7-19-45)66-64(65-58)51-23-15-22-48(39-51)47-21-14-20-46(38-47)43-30-34-53(35-31-43)68-61-29-13-11-27-55(61)57-41-50(33-37-63(57)68)49-32-36-62-56(40-49)54-26-10-12-28-60(54)67(62)52-24-8-3-9-25-52/h2*1-42H. The molecule has 0 N–H and O–H groups in total. The number of aromatic nitrogens is 8. The van der Waals surface area contributed by atoms with Crippen molar-refractivity contribution in [3.05, 3.63) is 510 Å². The van der Waals surface area contributed by atoms with Crippen molar-refractivity contribution in [3.8, 4) is 157 Å². The minimum Gasteiger partial charge on any atom is -0.309 e. The third kappa shape index (κ3) is 14.7. The van der Waals surface area contributed by atoms with Crippen LogP contribution in [0.2, 0.25) is 0 Å². The lowest BCUT2D eigenvalue weighted by Crippen LogP contribution is -1.96. The van der Waals surface area contributed by atoms with Gasteiger partial charge in [0.2, 0.25) is 0 Å². The first-order valence-corrected chi connectivity index (χ1v) is 46.3. The molecule has 0 aliphatic carbocycles. The van der Waals surface area contributed by atoms with E-state index in [9.17, 15) is 0 Å². The SMILES string of the molecule is c1ccc(-c2cc(-c3ccccc3)nc(-c3cccc(-c4cccc(-c5ccc(-n6c7ccccc7c7cc(-c8ccc9c(c8)c8ccccc8n9-c8ccccc8)ccc76)cc5)c4)c3)n2)cc1.c1ccc(-c2cc(-c3ccccc3)nc(-c3cccc(-c4cccc(-c5cccc(-n6c7ccccc7c7cc(-c8ccc9c(c8)c8ccccc8n9-c8ccccc8)ccc76)c5)c4)c3)n2)cc1. The van der Waals surface area contributed by atoms with Gasteiger partial charge in [0.05, 0.1) is 66.9 Å². The van der Waals surface area contributed by atoms with E-state index >= 15 is 0 Å². The minimum atomic E-state index is 0.697. The number of nitrogens with zero attached hydrogens (tertiary/aromatic N) is 8. The third-order valence-electron chi connectivity index (χ3n) is 26.6.